The molecule has 20 heavy (non-hydrogen) atoms. The molecule has 0 saturated carbocycles. The third-order valence-corrected chi connectivity index (χ3v) is 3.07. The van der Waals surface area contributed by atoms with Crippen LogP contribution in [0.15, 0.2) is 36.5 Å². The van der Waals surface area contributed by atoms with Crippen LogP contribution in [-0.2, 0) is 4.79 Å². The molecule has 2 N–H and O–H groups in total. The normalized spacial score (nSPS) is 12.1. The second kappa shape index (κ2) is 15.7. The highest BCUT2D eigenvalue weighted by Gasteiger charge is 1.94. The van der Waals surface area contributed by atoms with Gasteiger partial charge in [0.05, 0.1) is 0 Å². The Kier molecular flexibility index (Phi) is 14.7. The van der Waals surface area contributed by atoms with E-state index in [0.29, 0.717) is 6.42 Å². The smallest absolute Gasteiger partial charge is 0.217 e. The first-order valence-corrected chi connectivity index (χ1v) is 8.00. The minimum atomic E-state index is -0.175. The molecule has 114 valence electrons. The van der Waals surface area contributed by atoms with Crippen LogP contribution >= 0.6 is 0 Å². The third-order valence-electron chi connectivity index (χ3n) is 3.07. The molecule has 2 heteroatoms. The van der Waals surface area contributed by atoms with Crippen LogP contribution in [0, 0.1) is 0 Å². The summed E-state index contributed by atoms with van der Waals surface area (Å²) in [6.45, 7) is 2.15. The second-order valence-electron chi connectivity index (χ2n) is 5.07. The molecule has 1 amide bonds. The van der Waals surface area contributed by atoms with Crippen LogP contribution in [0.3, 0.4) is 0 Å². The number of hydrogen-bond acceptors (Lipinski definition) is 1. The Morgan fingerprint density at radius 1 is 0.800 bits per heavy atom. The van der Waals surface area contributed by atoms with Gasteiger partial charge in [-0.05, 0) is 38.5 Å². The molecule has 0 spiro atoms. The molecule has 0 aromatic carbocycles. The lowest BCUT2D eigenvalue weighted by molar-refractivity contribution is -0.118. The van der Waals surface area contributed by atoms with Gasteiger partial charge >= 0.3 is 0 Å². The highest BCUT2D eigenvalue weighted by molar-refractivity contribution is 5.73. The number of unbranched alkanes of at least 4 members (excludes halogenated alkanes) is 5. The number of carbonyl (C=O) groups is 1. The number of hydrogen-bond donors (Lipinski definition) is 1. The molecule has 2 nitrogen and oxygen atoms in total. The minimum Gasteiger partial charge on any atom is -0.370 e. The van der Waals surface area contributed by atoms with Crippen molar-refractivity contribution in [3.8, 4) is 0 Å². The third kappa shape index (κ3) is 16.7. The van der Waals surface area contributed by atoms with Gasteiger partial charge in [-0.1, -0.05) is 62.6 Å². The number of carbonyl (C=O) groups excluding carboxylic acids is 1. The van der Waals surface area contributed by atoms with Gasteiger partial charge in [-0.2, -0.15) is 0 Å². The molecule has 0 saturated heterocycles. The van der Waals surface area contributed by atoms with Crippen LogP contribution in [0.5, 0.6) is 0 Å². The lowest BCUT2D eigenvalue weighted by atomic mass is 10.1. The first-order valence-electron chi connectivity index (χ1n) is 8.00. The summed E-state index contributed by atoms with van der Waals surface area (Å²) in [4.78, 5) is 10.5. The quantitative estimate of drug-likeness (QED) is 0.371. The zero-order valence-electron chi connectivity index (χ0n) is 13.0. The summed E-state index contributed by atoms with van der Waals surface area (Å²) < 4.78 is 0. The molecule has 0 unspecified atom stereocenters. The molecular formula is C18H31NO. The monoisotopic (exact) mass is 277 g/mol. The Bertz CT molecular complexity index is 303. The van der Waals surface area contributed by atoms with Gasteiger partial charge in [-0.3, -0.25) is 4.79 Å². The summed E-state index contributed by atoms with van der Waals surface area (Å²) >= 11 is 0. The first kappa shape index (κ1) is 18.7. The molecule has 0 fully saturated rings. The van der Waals surface area contributed by atoms with Crippen molar-refractivity contribution >= 4 is 5.91 Å². The van der Waals surface area contributed by atoms with E-state index in [1.165, 1.54) is 25.7 Å². The summed E-state index contributed by atoms with van der Waals surface area (Å²) in [6.07, 6.45) is 24.1. The predicted octanol–water partition coefficient (Wildman–Crippen LogP) is 5.06. The van der Waals surface area contributed by atoms with Gasteiger partial charge in [0.15, 0.2) is 0 Å². The molecule has 0 aromatic heterocycles. The van der Waals surface area contributed by atoms with E-state index in [4.69, 9.17) is 5.73 Å². The molecule has 0 rings (SSSR count). The number of rotatable bonds is 13. The van der Waals surface area contributed by atoms with Crippen LogP contribution in [0.1, 0.15) is 71.1 Å². The van der Waals surface area contributed by atoms with Gasteiger partial charge in [0.25, 0.3) is 0 Å². The molecule has 0 heterocycles. The van der Waals surface area contributed by atoms with E-state index >= 15 is 0 Å². The highest BCUT2D eigenvalue weighted by atomic mass is 16.1. The fourth-order valence-corrected chi connectivity index (χ4v) is 1.92. The van der Waals surface area contributed by atoms with Crippen LogP contribution < -0.4 is 5.73 Å². The standard InChI is InChI=1S/C18H31NO/c1-2-3-4-5-6-7-8-9-10-11-12-13-14-15-16-17-18(19)20/h3-4,6-7,9-10H,2,5,8,11-17H2,1H3,(H2,19,20). The Morgan fingerprint density at radius 3 is 2.00 bits per heavy atom. The van der Waals surface area contributed by atoms with Gasteiger partial charge in [0.1, 0.15) is 0 Å². The van der Waals surface area contributed by atoms with E-state index in [1.54, 1.807) is 0 Å². The van der Waals surface area contributed by atoms with E-state index < -0.39 is 0 Å². The SMILES string of the molecule is CCC=CCC=CCC=CCCCCCCCC(N)=O. The Balaban J connectivity index is 3.23. The predicted molar refractivity (Wildman–Crippen MR) is 88.5 cm³/mol. The topological polar surface area (TPSA) is 43.1 Å². The van der Waals surface area contributed by atoms with Gasteiger partial charge in [-0.15, -0.1) is 0 Å². The van der Waals surface area contributed by atoms with E-state index in [9.17, 15) is 4.79 Å². The van der Waals surface area contributed by atoms with E-state index in [0.717, 1.165) is 32.1 Å². The lowest BCUT2D eigenvalue weighted by Crippen LogP contribution is -2.09. The van der Waals surface area contributed by atoms with Crippen LogP contribution in [0.4, 0.5) is 0 Å². The highest BCUT2D eigenvalue weighted by Crippen LogP contribution is 2.07. The second-order valence-corrected chi connectivity index (χ2v) is 5.07. The Morgan fingerprint density at radius 2 is 1.35 bits per heavy atom. The molecule has 0 bridgehead atoms. The van der Waals surface area contributed by atoms with E-state index in [-0.39, 0.29) is 5.91 Å². The van der Waals surface area contributed by atoms with E-state index in [2.05, 4.69) is 43.4 Å². The average molecular weight is 277 g/mol. The molecule has 0 aromatic rings. The summed E-state index contributed by atoms with van der Waals surface area (Å²) in [5.74, 6) is -0.175. The number of amides is 1. The fraction of sp³-hybridized carbons (Fsp3) is 0.611. The van der Waals surface area contributed by atoms with Crippen molar-refractivity contribution in [2.45, 2.75) is 71.1 Å². The zero-order valence-corrected chi connectivity index (χ0v) is 13.0. The number of nitrogens with two attached hydrogens (primary N) is 1. The molecule has 0 aliphatic rings. The minimum absolute atomic E-state index is 0.175. The largest absolute Gasteiger partial charge is 0.370 e. The van der Waals surface area contributed by atoms with Crippen LogP contribution in [0.2, 0.25) is 0 Å². The summed E-state index contributed by atoms with van der Waals surface area (Å²) in [7, 11) is 0. The maximum Gasteiger partial charge on any atom is 0.217 e. The summed E-state index contributed by atoms with van der Waals surface area (Å²) in [5, 5.41) is 0. The maximum atomic E-state index is 10.5. The van der Waals surface area contributed by atoms with Crippen molar-refractivity contribution in [3.05, 3.63) is 36.5 Å². The van der Waals surface area contributed by atoms with Crippen molar-refractivity contribution in [1.82, 2.24) is 0 Å². The molecule has 0 atom stereocenters. The Hall–Kier alpha value is -1.31. The Labute approximate surface area is 124 Å². The van der Waals surface area contributed by atoms with Crippen LogP contribution in [0.25, 0.3) is 0 Å². The number of primary amides is 1. The summed E-state index contributed by atoms with van der Waals surface area (Å²) in [5.41, 5.74) is 5.09. The van der Waals surface area contributed by atoms with Crippen molar-refractivity contribution in [3.63, 3.8) is 0 Å². The van der Waals surface area contributed by atoms with E-state index in [1.807, 2.05) is 0 Å². The van der Waals surface area contributed by atoms with Gasteiger partial charge in [-0.25, -0.2) is 0 Å². The number of allylic oxidation sites excluding steroid dienone is 6. The fourth-order valence-electron chi connectivity index (χ4n) is 1.92. The summed E-state index contributed by atoms with van der Waals surface area (Å²) in [6, 6.07) is 0. The van der Waals surface area contributed by atoms with Crippen molar-refractivity contribution < 1.29 is 4.79 Å². The molecular weight excluding hydrogens is 246 g/mol. The van der Waals surface area contributed by atoms with Crippen molar-refractivity contribution in [1.29, 1.82) is 0 Å². The lowest BCUT2D eigenvalue weighted by Gasteiger charge is -1.98. The molecule has 0 aliphatic carbocycles. The van der Waals surface area contributed by atoms with Gasteiger partial charge in [0, 0.05) is 6.42 Å². The molecule has 0 aliphatic heterocycles. The zero-order chi connectivity index (χ0) is 14.9. The average Bonchev–Trinajstić information content (AvgIpc) is 2.43. The maximum absolute atomic E-state index is 10.5. The van der Waals surface area contributed by atoms with Crippen LogP contribution in [-0.4, -0.2) is 5.91 Å². The van der Waals surface area contributed by atoms with Crippen molar-refractivity contribution in [2.75, 3.05) is 0 Å². The van der Waals surface area contributed by atoms with Crippen molar-refractivity contribution in [2.24, 2.45) is 5.73 Å². The molecule has 0 radical (unpaired) electrons. The van der Waals surface area contributed by atoms with Gasteiger partial charge in [0.2, 0.25) is 5.91 Å². The van der Waals surface area contributed by atoms with Gasteiger partial charge < -0.3 is 5.73 Å². The first-order chi connectivity index (χ1) is 9.77.